The van der Waals surface area contributed by atoms with Crippen molar-refractivity contribution in [3.63, 3.8) is 0 Å². The number of aryl methyl sites for hydroxylation is 1. The zero-order valence-corrected chi connectivity index (χ0v) is 17.7. The van der Waals surface area contributed by atoms with Crippen molar-refractivity contribution in [1.82, 2.24) is 0 Å². The second kappa shape index (κ2) is 8.74. The van der Waals surface area contributed by atoms with Gasteiger partial charge in [0.15, 0.2) is 17.4 Å². The quantitative estimate of drug-likeness (QED) is 0.274. The Balaban J connectivity index is 2.13. The van der Waals surface area contributed by atoms with E-state index in [2.05, 4.69) is 5.32 Å². The molecule has 0 spiro atoms. The highest BCUT2D eigenvalue weighted by atomic mass is 35.5. The number of halogens is 2. The van der Waals surface area contributed by atoms with Gasteiger partial charge in [-0.15, -0.1) is 0 Å². The number of pyridine rings is 1. The highest BCUT2D eigenvalue weighted by Gasteiger charge is 2.20. The number of anilines is 1. The average Bonchev–Trinajstić information content (AvgIpc) is 2.68. The highest BCUT2D eigenvalue weighted by Crippen LogP contribution is 2.27. The number of hydrogen-bond donors (Lipinski definition) is 1. The van der Waals surface area contributed by atoms with Crippen LogP contribution in [0.2, 0.25) is 10.0 Å². The van der Waals surface area contributed by atoms with Gasteiger partial charge >= 0.3 is 0 Å². The molecule has 0 bridgehead atoms. The van der Waals surface area contributed by atoms with E-state index < -0.39 is 0 Å². The second-order valence-corrected chi connectivity index (χ2v) is 7.54. The van der Waals surface area contributed by atoms with E-state index in [4.69, 9.17) is 35.4 Å². The summed E-state index contributed by atoms with van der Waals surface area (Å²) in [5.74, 6) is -0.313. The molecular formula is C22H18Cl2N2OS. The Hall–Kier alpha value is -2.40. The number of benzene rings is 2. The van der Waals surface area contributed by atoms with Gasteiger partial charge in [-0.2, -0.15) is 4.57 Å². The Morgan fingerprint density at radius 1 is 1.00 bits per heavy atom. The molecule has 28 heavy (non-hydrogen) atoms. The van der Waals surface area contributed by atoms with Crippen LogP contribution in [0.5, 0.6) is 0 Å². The van der Waals surface area contributed by atoms with Crippen LogP contribution in [0, 0.1) is 13.8 Å². The molecule has 3 aromatic rings. The molecule has 2 aromatic carbocycles. The van der Waals surface area contributed by atoms with Crippen LogP contribution in [0.15, 0.2) is 67.0 Å². The molecule has 0 fully saturated rings. The number of rotatable bonds is 4. The molecule has 0 saturated heterocycles. The number of nitrogens with zero attached hydrogens (tertiary/aromatic N) is 1. The molecule has 0 radical (unpaired) electrons. The van der Waals surface area contributed by atoms with Crippen LogP contribution in [0.25, 0.3) is 11.5 Å². The topological polar surface area (TPSA) is 39.0 Å². The molecule has 0 saturated carbocycles. The molecule has 0 amide bonds. The fraction of sp³-hybridized carbons (Fsp3) is 0.0909. The minimum absolute atomic E-state index is 0.292. The maximum absolute atomic E-state index is 13.4. The Labute approximate surface area is 179 Å². The first-order chi connectivity index (χ1) is 13.4. The van der Waals surface area contributed by atoms with Crippen molar-refractivity contribution < 1.29 is 9.67 Å². The summed E-state index contributed by atoms with van der Waals surface area (Å²) >= 11 is 18.0. The number of thiocarbonyl (C=S) groups is 1. The Bertz CT molecular complexity index is 1070. The average molecular weight is 429 g/mol. The van der Waals surface area contributed by atoms with E-state index >= 15 is 0 Å². The Kier molecular flexibility index (Phi) is 6.35. The van der Waals surface area contributed by atoms with Crippen molar-refractivity contribution in [2.24, 2.45) is 0 Å². The van der Waals surface area contributed by atoms with Crippen LogP contribution in [0.3, 0.4) is 0 Å². The first-order valence-electron chi connectivity index (χ1n) is 8.59. The van der Waals surface area contributed by atoms with Crippen molar-refractivity contribution in [2.75, 3.05) is 5.32 Å². The SMILES string of the molecule is Cc1cccc(NC(=S)/C(=C(\[O-])c2cc(Cl)ccc2Cl)[n+]2ccccc2)c1C. The Morgan fingerprint density at radius 3 is 2.43 bits per heavy atom. The van der Waals surface area contributed by atoms with E-state index in [0.29, 0.717) is 26.3 Å². The van der Waals surface area contributed by atoms with Gasteiger partial charge < -0.3 is 10.4 Å². The van der Waals surface area contributed by atoms with Gasteiger partial charge in [-0.25, -0.2) is 0 Å². The number of nitrogens with one attached hydrogen (secondary N) is 1. The van der Waals surface area contributed by atoms with Crippen molar-refractivity contribution >= 4 is 57.6 Å². The lowest BCUT2D eigenvalue weighted by Gasteiger charge is -2.19. The molecule has 1 heterocycles. The van der Waals surface area contributed by atoms with Gasteiger partial charge in [0.05, 0.1) is 0 Å². The van der Waals surface area contributed by atoms with E-state index in [0.717, 1.165) is 16.8 Å². The van der Waals surface area contributed by atoms with Crippen LogP contribution >= 0.6 is 35.4 Å². The molecule has 3 rings (SSSR count). The van der Waals surface area contributed by atoms with Gasteiger partial charge in [0.1, 0.15) is 0 Å². The molecule has 0 unspecified atom stereocenters. The predicted molar refractivity (Wildman–Crippen MR) is 118 cm³/mol. The summed E-state index contributed by atoms with van der Waals surface area (Å²) in [4.78, 5) is 0.297. The maximum Gasteiger partial charge on any atom is 0.238 e. The summed E-state index contributed by atoms with van der Waals surface area (Å²) < 4.78 is 1.68. The maximum atomic E-state index is 13.4. The van der Waals surface area contributed by atoms with Gasteiger partial charge in [0.2, 0.25) is 5.70 Å². The number of hydrogen-bond acceptors (Lipinski definition) is 2. The summed E-state index contributed by atoms with van der Waals surface area (Å²) in [6.45, 7) is 4.03. The van der Waals surface area contributed by atoms with Gasteiger partial charge in [0, 0.05) is 27.9 Å². The molecule has 0 aliphatic rings. The third kappa shape index (κ3) is 4.36. The van der Waals surface area contributed by atoms with Gasteiger partial charge in [-0.1, -0.05) is 53.6 Å². The Morgan fingerprint density at radius 2 is 1.71 bits per heavy atom. The lowest BCUT2D eigenvalue weighted by molar-refractivity contribution is -0.577. The fourth-order valence-electron chi connectivity index (χ4n) is 2.75. The zero-order valence-electron chi connectivity index (χ0n) is 15.4. The first kappa shape index (κ1) is 20.3. The van der Waals surface area contributed by atoms with Crippen LogP contribution in [0.1, 0.15) is 16.7 Å². The van der Waals surface area contributed by atoms with E-state index in [1.165, 1.54) is 0 Å². The molecule has 142 valence electrons. The molecule has 6 heteroatoms. The van der Waals surface area contributed by atoms with Crippen molar-refractivity contribution in [1.29, 1.82) is 0 Å². The van der Waals surface area contributed by atoms with Gasteiger partial charge in [-0.05, 0) is 60.6 Å². The molecule has 1 N–H and O–H groups in total. The monoisotopic (exact) mass is 428 g/mol. The van der Waals surface area contributed by atoms with Crippen LogP contribution in [-0.4, -0.2) is 4.99 Å². The highest BCUT2D eigenvalue weighted by molar-refractivity contribution is 7.81. The molecule has 0 aliphatic carbocycles. The third-order valence-corrected chi connectivity index (χ3v) is 5.29. The predicted octanol–water partition coefficient (Wildman–Crippen LogP) is 5.02. The van der Waals surface area contributed by atoms with Crippen LogP contribution in [0.4, 0.5) is 5.69 Å². The summed E-state index contributed by atoms with van der Waals surface area (Å²) in [6.07, 6.45) is 3.53. The molecule has 0 atom stereocenters. The second-order valence-electron chi connectivity index (χ2n) is 6.29. The van der Waals surface area contributed by atoms with Crippen LogP contribution in [-0.2, 0) is 0 Å². The minimum Gasteiger partial charge on any atom is -0.867 e. The fourth-order valence-corrected chi connectivity index (χ4v) is 3.44. The summed E-state index contributed by atoms with van der Waals surface area (Å²) in [5, 5.41) is 17.3. The molecule has 0 aliphatic heterocycles. The van der Waals surface area contributed by atoms with Crippen molar-refractivity contribution in [2.45, 2.75) is 13.8 Å². The first-order valence-corrected chi connectivity index (χ1v) is 9.76. The van der Waals surface area contributed by atoms with Crippen LogP contribution < -0.4 is 15.0 Å². The van der Waals surface area contributed by atoms with Gasteiger partial charge in [-0.3, -0.25) is 0 Å². The zero-order chi connectivity index (χ0) is 20.3. The van der Waals surface area contributed by atoms with Crippen molar-refractivity contribution in [3.05, 3.63) is 93.7 Å². The van der Waals surface area contributed by atoms with E-state index in [-0.39, 0.29) is 5.76 Å². The molecule has 3 nitrogen and oxygen atoms in total. The standard InChI is InChI=1S/C22H18Cl2N2OS/c1-14-7-6-8-19(15(14)2)25-22(28)20(26-11-4-3-5-12-26)21(27)17-13-16(23)9-10-18(17)24/h3-13H,1-2H3,(H-,25,27,28). The lowest BCUT2D eigenvalue weighted by atomic mass is 10.1. The third-order valence-electron chi connectivity index (χ3n) is 4.43. The lowest BCUT2D eigenvalue weighted by Crippen LogP contribution is -2.39. The normalized spacial score (nSPS) is 11.7. The van der Waals surface area contributed by atoms with E-state index in [1.807, 2.05) is 50.2 Å². The summed E-state index contributed by atoms with van der Waals surface area (Å²) in [5.41, 5.74) is 3.64. The van der Waals surface area contributed by atoms with E-state index in [1.54, 1.807) is 35.2 Å². The smallest absolute Gasteiger partial charge is 0.238 e. The summed E-state index contributed by atoms with van der Waals surface area (Å²) in [6, 6.07) is 16.2. The molecule has 1 aromatic heterocycles. The van der Waals surface area contributed by atoms with E-state index in [9.17, 15) is 5.11 Å². The largest absolute Gasteiger partial charge is 0.867 e. The van der Waals surface area contributed by atoms with Gasteiger partial charge in [0.25, 0.3) is 0 Å². The molecular weight excluding hydrogens is 411 g/mol. The van der Waals surface area contributed by atoms with Crippen molar-refractivity contribution in [3.8, 4) is 0 Å². The summed E-state index contributed by atoms with van der Waals surface area (Å²) in [7, 11) is 0. The minimum atomic E-state index is -0.313. The number of aromatic nitrogens is 1.